The van der Waals surface area contributed by atoms with Crippen molar-refractivity contribution in [3.63, 3.8) is 0 Å². The first-order valence-electron chi connectivity index (χ1n) is 6.90. The fraction of sp³-hybridized carbons (Fsp3) is 0.353. The number of aromatic nitrogens is 2. The highest BCUT2D eigenvalue weighted by atomic mass is 16.1. The highest BCUT2D eigenvalue weighted by molar-refractivity contribution is 5.77. The Bertz CT molecular complexity index is 615. The van der Waals surface area contributed by atoms with Crippen molar-refractivity contribution in [1.29, 1.82) is 0 Å². The molecule has 0 aliphatic carbocycles. The van der Waals surface area contributed by atoms with Gasteiger partial charge in [-0.3, -0.25) is 4.79 Å². The summed E-state index contributed by atoms with van der Waals surface area (Å²) in [5, 5.41) is 0. The van der Waals surface area contributed by atoms with Crippen molar-refractivity contribution >= 4 is 5.78 Å². The summed E-state index contributed by atoms with van der Waals surface area (Å²) in [5.41, 5.74) is 4.14. The molecule has 104 valence electrons. The van der Waals surface area contributed by atoms with Crippen LogP contribution in [0.3, 0.4) is 0 Å². The number of benzene rings is 1. The normalized spacial score (nSPS) is 10.8. The number of carbonyl (C=O) groups is 1. The molecule has 0 radical (unpaired) electrons. The van der Waals surface area contributed by atoms with Crippen LogP contribution in [0.4, 0.5) is 0 Å². The highest BCUT2D eigenvalue weighted by Crippen LogP contribution is 2.21. The van der Waals surface area contributed by atoms with Gasteiger partial charge in [0.05, 0.1) is 12.1 Å². The zero-order chi connectivity index (χ0) is 14.7. The Labute approximate surface area is 120 Å². The van der Waals surface area contributed by atoms with E-state index >= 15 is 0 Å². The van der Waals surface area contributed by atoms with E-state index in [0.717, 1.165) is 17.0 Å². The lowest BCUT2D eigenvalue weighted by Crippen LogP contribution is -2.04. The number of rotatable bonds is 4. The first kappa shape index (κ1) is 14.4. The maximum absolute atomic E-state index is 11.2. The maximum Gasteiger partial charge on any atom is 0.137 e. The van der Waals surface area contributed by atoms with E-state index in [9.17, 15) is 4.79 Å². The molecule has 1 aromatic heterocycles. The summed E-state index contributed by atoms with van der Waals surface area (Å²) >= 11 is 0. The molecule has 0 aliphatic rings. The van der Waals surface area contributed by atoms with Crippen LogP contribution in [0.2, 0.25) is 0 Å². The summed E-state index contributed by atoms with van der Waals surface area (Å²) in [6.07, 6.45) is 0.290. The van der Waals surface area contributed by atoms with E-state index in [2.05, 4.69) is 48.1 Å². The largest absolute Gasteiger partial charge is 0.300 e. The Balaban J connectivity index is 2.36. The van der Waals surface area contributed by atoms with Crippen LogP contribution < -0.4 is 0 Å². The zero-order valence-electron chi connectivity index (χ0n) is 12.5. The number of hydrogen-bond acceptors (Lipinski definition) is 3. The number of ketones is 1. The first-order valence-corrected chi connectivity index (χ1v) is 6.90. The van der Waals surface area contributed by atoms with Gasteiger partial charge in [-0.05, 0) is 31.4 Å². The molecule has 0 saturated heterocycles. The molecule has 2 aromatic rings. The van der Waals surface area contributed by atoms with Crippen LogP contribution in [0.25, 0.3) is 11.3 Å². The molecule has 0 bridgehead atoms. The van der Waals surface area contributed by atoms with Gasteiger partial charge in [0.25, 0.3) is 0 Å². The third kappa shape index (κ3) is 3.50. The van der Waals surface area contributed by atoms with E-state index < -0.39 is 0 Å². The quantitative estimate of drug-likeness (QED) is 0.849. The number of hydrogen-bond donors (Lipinski definition) is 0. The molecule has 0 amide bonds. The van der Waals surface area contributed by atoms with E-state index in [4.69, 9.17) is 0 Å². The molecular formula is C17H20N2O. The van der Waals surface area contributed by atoms with E-state index in [1.807, 2.05) is 13.0 Å². The Kier molecular flexibility index (Phi) is 4.28. The Hall–Kier alpha value is -2.03. The van der Waals surface area contributed by atoms with Crippen molar-refractivity contribution in [3.8, 4) is 11.3 Å². The van der Waals surface area contributed by atoms with Crippen LogP contribution in [0.1, 0.15) is 43.8 Å². The van der Waals surface area contributed by atoms with Crippen molar-refractivity contribution in [3.05, 3.63) is 47.4 Å². The average Bonchev–Trinajstić information content (AvgIpc) is 2.37. The smallest absolute Gasteiger partial charge is 0.137 e. The first-order chi connectivity index (χ1) is 9.45. The van der Waals surface area contributed by atoms with Crippen molar-refractivity contribution in [2.45, 2.75) is 40.0 Å². The molecule has 0 saturated carbocycles. The van der Waals surface area contributed by atoms with E-state index in [-0.39, 0.29) is 5.78 Å². The molecule has 3 nitrogen and oxygen atoms in total. The topological polar surface area (TPSA) is 42.9 Å². The molecule has 0 N–H and O–H groups in total. The van der Waals surface area contributed by atoms with Gasteiger partial charge < -0.3 is 0 Å². The minimum atomic E-state index is 0.0803. The molecule has 1 heterocycles. The average molecular weight is 268 g/mol. The van der Waals surface area contributed by atoms with Crippen LogP contribution >= 0.6 is 0 Å². The van der Waals surface area contributed by atoms with Gasteiger partial charge in [0.15, 0.2) is 0 Å². The number of aryl methyl sites for hydroxylation is 1. The summed E-state index contributed by atoms with van der Waals surface area (Å²) in [4.78, 5) is 20.0. The van der Waals surface area contributed by atoms with Gasteiger partial charge in [0.1, 0.15) is 11.6 Å². The van der Waals surface area contributed by atoms with Crippen molar-refractivity contribution < 1.29 is 4.79 Å². The predicted octanol–water partition coefficient (Wildman–Crippen LogP) is 3.71. The van der Waals surface area contributed by atoms with Crippen LogP contribution in [0.5, 0.6) is 0 Å². The molecule has 0 fully saturated rings. The lowest BCUT2D eigenvalue weighted by Gasteiger charge is -2.08. The van der Waals surface area contributed by atoms with Gasteiger partial charge >= 0.3 is 0 Å². The van der Waals surface area contributed by atoms with Crippen LogP contribution in [-0.2, 0) is 11.2 Å². The Morgan fingerprint density at radius 2 is 1.80 bits per heavy atom. The molecule has 0 atom stereocenters. The fourth-order valence-electron chi connectivity index (χ4n) is 2.12. The minimum absolute atomic E-state index is 0.0803. The third-order valence-electron chi connectivity index (χ3n) is 3.18. The fourth-order valence-corrected chi connectivity index (χ4v) is 2.12. The zero-order valence-corrected chi connectivity index (χ0v) is 12.5. The van der Waals surface area contributed by atoms with E-state index in [0.29, 0.717) is 18.2 Å². The third-order valence-corrected chi connectivity index (χ3v) is 3.18. The molecule has 20 heavy (non-hydrogen) atoms. The number of nitrogens with zero attached hydrogens (tertiary/aromatic N) is 2. The molecule has 2 rings (SSSR count). The molecular weight excluding hydrogens is 248 g/mol. The SMILES string of the molecule is CC(=O)Cc1nc(C)cc(-c2ccc(C(C)C)cc2)n1. The second-order valence-electron chi connectivity index (χ2n) is 5.47. The lowest BCUT2D eigenvalue weighted by atomic mass is 10.0. The number of Topliss-reactive ketones (excluding diaryl/α,β-unsaturated/α-hetero) is 1. The van der Waals surface area contributed by atoms with Crippen molar-refractivity contribution in [1.82, 2.24) is 9.97 Å². The standard InChI is InChI=1S/C17H20N2O/c1-11(2)14-5-7-15(8-6-14)16-9-12(3)18-17(19-16)10-13(4)20/h5-9,11H,10H2,1-4H3. The summed E-state index contributed by atoms with van der Waals surface area (Å²) in [5.74, 6) is 1.20. The van der Waals surface area contributed by atoms with Gasteiger partial charge in [-0.25, -0.2) is 9.97 Å². The summed E-state index contributed by atoms with van der Waals surface area (Å²) < 4.78 is 0. The summed E-state index contributed by atoms with van der Waals surface area (Å²) in [6.45, 7) is 7.84. The van der Waals surface area contributed by atoms with Crippen LogP contribution in [-0.4, -0.2) is 15.8 Å². The molecule has 0 aliphatic heterocycles. The van der Waals surface area contributed by atoms with Crippen molar-refractivity contribution in [2.75, 3.05) is 0 Å². The van der Waals surface area contributed by atoms with Crippen LogP contribution in [0.15, 0.2) is 30.3 Å². The monoisotopic (exact) mass is 268 g/mol. The maximum atomic E-state index is 11.2. The predicted molar refractivity (Wildman–Crippen MR) is 80.7 cm³/mol. The second-order valence-corrected chi connectivity index (χ2v) is 5.47. The lowest BCUT2D eigenvalue weighted by molar-refractivity contribution is -0.116. The second kappa shape index (κ2) is 5.95. The van der Waals surface area contributed by atoms with Gasteiger partial charge in [0, 0.05) is 11.3 Å². The van der Waals surface area contributed by atoms with Crippen LogP contribution in [0, 0.1) is 6.92 Å². The highest BCUT2D eigenvalue weighted by Gasteiger charge is 2.07. The molecule has 1 aromatic carbocycles. The summed E-state index contributed by atoms with van der Waals surface area (Å²) in [7, 11) is 0. The summed E-state index contributed by atoms with van der Waals surface area (Å²) in [6, 6.07) is 10.4. The van der Waals surface area contributed by atoms with E-state index in [1.165, 1.54) is 5.56 Å². The van der Waals surface area contributed by atoms with Crippen molar-refractivity contribution in [2.24, 2.45) is 0 Å². The molecule has 0 unspecified atom stereocenters. The Morgan fingerprint density at radius 3 is 2.35 bits per heavy atom. The Morgan fingerprint density at radius 1 is 1.15 bits per heavy atom. The van der Waals surface area contributed by atoms with Gasteiger partial charge in [-0.15, -0.1) is 0 Å². The van der Waals surface area contributed by atoms with E-state index in [1.54, 1.807) is 6.92 Å². The van der Waals surface area contributed by atoms with Gasteiger partial charge in [-0.1, -0.05) is 38.1 Å². The number of carbonyl (C=O) groups excluding carboxylic acids is 1. The van der Waals surface area contributed by atoms with Gasteiger partial charge in [-0.2, -0.15) is 0 Å². The van der Waals surface area contributed by atoms with Gasteiger partial charge in [0.2, 0.25) is 0 Å². The molecule has 3 heteroatoms. The molecule has 0 spiro atoms. The minimum Gasteiger partial charge on any atom is -0.300 e.